The highest BCUT2D eigenvalue weighted by Gasteiger charge is 2.28. The molecule has 1 saturated heterocycles. The molecular formula is C15H20N4S2. The van der Waals surface area contributed by atoms with Crippen molar-refractivity contribution in [3.05, 3.63) is 30.6 Å². The van der Waals surface area contributed by atoms with Gasteiger partial charge in [0.2, 0.25) is 0 Å². The summed E-state index contributed by atoms with van der Waals surface area (Å²) in [5.41, 5.74) is 1.63. The molecule has 3 rings (SSSR count). The lowest BCUT2D eigenvalue weighted by atomic mass is 9.88. The lowest BCUT2D eigenvalue weighted by Crippen LogP contribution is -2.35. The summed E-state index contributed by atoms with van der Waals surface area (Å²) in [5.74, 6) is 2.45. The van der Waals surface area contributed by atoms with Crippen LogP contribution in [-0.2, 0) is 0 Å². The van der Waals surface area contributed by atoms with Crippen LogP contribution in [0.4, 0.5) is 5.69 Å². The Bertz CT molecular complexity index is 566. The zero-order chi connectivity index (χ0) is 14.7. The molecule has 0 bridgehead atoms. The van der Waals surface area contributed by atoms with Gasteiger partial charge in [0.05, 0.1) is 0 Å². The van der Waals surface area contributed by atoms with Gasteiger partial charge in [0.15, 0.2) is 5.16 Å². The molecule has 1 aliphatic rings. The molecule has 1 aromatic heterocycles. The van der Waals surface area contributed by atoms with E-state index in [9.17, 15) is 0 Å². The van der Waals surface area contributed by atoms with Crippen molar-refractivity contribution >= 4 is 29.2 Å². The van der Waals surface area contributed by atoms with Crippen LogP contribution in [-0.4, -0.2) is 32.7 Å². The van der Waals surface area contributed by atoms with Gasteiger partial charge >= 0.3 is 0 Å². The van der Waals surface area contributed by atoms with Crippen molar-refractivity contribution < 1.29 is 0 Å². The molecule has 2 N–H and O–H groups in total. The standard InChI is InChI=1S/C15H20N4S2/c1-15(2)7-12(8-20-9-15)18-11-3-5-13(6-4-11)21-14-16-10-17-19-14/h3-6,10,12,18H,7-9H2,1-2H3,(H,16,17,19). The second-order valence-corrected chi connectivity index (χ2v) is 8.23. The smallest absolute Gasteiger partial charge is 0.188 e. The molecule has 0 spiro atoms. The monoisotopic (exact) mass is 320 g/mol. The van der Waals surface area contributed by atoms with Crippen LogP contribution in [0.5, 0.6) is 0 Å². The largest absolute Gasteiger partial charge is 0.381 e. The first-order valence-electron chi connectivity index (χ1n) is 7.08. The number of hydrogen-bond acceptors (Lipinski definition) is 5. The Morgan fingerprint density at radius 3 is 2.81 bits per heavy atom. The lowest BCUT2D eigenvalue weighted by molar-refractivity contribution is 0.358. The van der Waals surface area contributed by atoms with Gasteiger partial charge in [0, 0.05) is 22.4 Å². The fourth-order valence-corrected chi connectivity index (χ4v) is 4.53. The Balaban J connectivity index is 1.59. The molecule has 1 atom stereocenters. The summed E-state index contributed by atoms with van der Waals surface area (Å²) in [5, 5.41) is 11.2. The first-order valence-corrected chi connectivity index (χ1v) is 9.05. The van der Waals surface area contributed by atoms with Gasteiger partial charge in [-0.3, -0.25) is 5.10 Å². The normalized spacial score (nSPS) is 21.1. The molecule has 2 heterocycles. The molecule has 1 unspecified atom stereocenters. The Morgan fingerprint density at radius 1 is 1.33 bits per heavy atom. The number of benzene rings is 1. The van der Waals surface area contributed by atoms with Gasteiger partial charge < -0.3 is 5.32 Å². The number of aromatic nitrogens is 3. The first kappa shape index (κ1) is 14.8. The third-order valence-corrected chi connectivity index (χ3v) is 5.96. The summed E-state index contributed by atoms with van der Waals surface area (Å²) in [6.07, 6.45) is 2.76. The highest BCUT2D eigenvalue weighted by atomic mass is 32.2. The summed E-state index contributed by atoms with van der Waals surface area (Å²) in [6.45, 7) is 4.70. The number of nitrogens with one attached hydrogen (secondary N) is 2. The fraction of sp³-hybridized carbons (Fsp3) is 0.467. The number of thioether (sulfide) groups is 1. The van der Waals surface area contributed by atoms with E-state index < -0.39 is 0 Å². The molecule has 4 nitrogen and oxygen atoms in total. The summed E-state index contributed by atoms with van der Waals surface area (Å²) in [6, 6.07) is 9.09. The Morgan fingerprint density at radius 2 is 2.14 bits per heavy atom. The van der Waals surface area contributed by atoms with Gasteiger partial charge in [0.25, 0.3) is 0 Å². The van der Waals surface area contributed by atoms with Crippen molar-refractivity contribution in [2.45, 2.75) is 36.4 Å². The SMILES string of the molecule is CC1(C)CSCC(Nc2ccc(Sc3ncn[nH]3)cc2)C1. The molecule has 1 aromatic carbocycles. The van der Waals surface area contributed by atoms with E-state index in [1.165, 1.54) is 29.9 Å². The van der Waals surface area contributed by atoms with Crippen LogP contribution in [0.2, 0.25) is 0 Å². The van der Waals surface area contributed by atoms with Gasteiger partial charge in [-0.1, -0.05) is 25.6 Å². The van der Waals surface area contributed by atoms with Crippen LogP contribution < -0.4 is 5.32 Å². The van der Waals surface area contributed by atoms with Crippen LogP contribution in [0.1, 0.15) is 20.3 Å². The highest BCUT2D eigenvalue weighted by Crippen LogP contribution is 2.35. The predicted octanol–water partition coefficient (Wildman–Crippen LogP) is 3.90. The number of H-pyrrole nitrogens is 1. The average molecular weight is 320 g/mol. The van der Waals surface area contributed by atoms with Gasteiger partial charge in [-0.15, -0.1) is 0 Å². The fourth-order valence-electron chi connectivity index (χ4n) is 2.57. The predicted molar refractivity (Wildman–Crippen MR) is 90.1 cm³/mol. The average Bonchev–Trinajstić information content (AvgIpc) is 2.93. The number of aromatic amines is 1. The molecule has 21 heavy (non-hydrogen) atoms. The Labute approximate surface area is 133 Å². The van der Waals surface area contributed by atoms with E-state index in [2.05, 4.69) is 58.6 Å². The second kappa shape index (κ2) is 6.32. The van der Waals surface area contributed by atoms with Crippen LogP contribution in [0.3, 0.4) is 0 Å². The van der Waals surface area contributed by atoms with E-state index in [4.69, 9.17) is 0 Å². The summed E-state index contributed by atoms with van der Waals surface area (Å²) >= 11 is 3.64. The van der Waals surface area contributed by atoms with E-state index in [0.29, 0.717) is 11.5 Å². The minimum absolute atomic E-state index is 0.433. The number of rotatable bonds is 4. The maximum Gasteiger partial charge on any atom is 0.188 e. The molecule has 2 aromatic rings. The topological polar surface area (TPSA) is 53.6 Å². The van der Waals surface area contributed by atoms with Crippen LogP contribution in [0, 0.1) is 5.41 Å². The first-order chi connectivity index (χ1) is 10.1. The van der Waals surface area contributed by atoms with E-state index >= 15 is 0 Å². The third-order valence-electron chi connectivity index (χ3n) is 3.44. The Hall–Kier alpha value is -1.14. The minimum atomic E-state index is 0.433. The molecule has 1 aliphatic heterocycles. The van der Waals surface area contributed by atoms with E-state index in [0.717, 1.165) is 10.1 Å². The van der Waals surface area contributed by atoms with Crippen molar-refractivity contribution in [1.82, 2.24) is 15.2 Å². The van der Waals surface area contributed by atoms with E-state index in [1.54, 1.807) is 11.8 Å². The molecular weight excluding hydrogens is 300 g/mol. The molecule has 0 aliphatic carbocycles. The molecule has 1 fully saturated rings. The lowest BCUT2D eigenvalue weighted by Gasteiger charge is -2.35. The molecule has 0 amide bonds. The molecule has 0 saturated carbocycles. The summed E-state index contributed by atoms with van der Waals surface area (Å²) < 4.78 is 0. The van der Waals surface area contributed by atoms with Crippen molar-refractivity contribution in [2.24, 2.45) is 5.41 Å². The zero-order valence-electron chi connectivity index (χ0n) is 12.3. The second-order valence-electron chi connectivity index (χ2n) is 6.14. The van der Waals surface area contributed by atoms with Crippen molar-refractivity contribution in [3.8, 4) is 0 Å². The molecule has 112 valence electrons. The molecule has 0 radical (unpaired) electrons. The third kappa shape index (κ3) is 4.17. The van der Waals surface area contributed by atoms with Gasteiger partial charge in [0.1, 0.15) is 6.33 Å². The summed E-state index contributed by atoms with van der Waals surface area (Å²) in [7, 11) is 0. The van der Waals surface area contributed by atoms with Crippen LogP contribution >= 0.6 is 23.5 Å². The van der Waals surface area contributed by atoms with Crippen LogP contribution in [0.15, 0.2) is 40.6 Å². The van der Waals surface area contributed by atoms with Crippen LogP contribution in [0.25, 0.3) is 0 Å². The van der Waals surface area contributed by atoms with Gasteiger partial charge in [-0.05, 0) is 41.9 Å². The number of anilines is 1. The van der Waals surface area contributed by atoms with Crippen molar-refractivity contribution in [3.63, 3.8) is 0 Å². The zero-order valence-corrected chi connectivity index (χ0v) is 13.9. The van der Waals surface area contributed by atoms with E-state index in [1.807, 2.05) is 11.8 Å². The molecule has 6 heteroatoms. The number of nitrogens with zero attached hydrogens (tertiary/aromatic N) is 2. The van der Waals surface area contributed by atoms with Crippen molar-refractivity contribution in [1.29, 1.82) is 0 Å². The summed E-state index contributed by atoms with van der Waals surface area (Å²) in [4.78, 5) is 5.28. The number of hydrogen-bond donors (Lipinski definition) is 2. The highest BCUT2D eigenvalue weighted by molar-refractivity contribution is 7.99. The Kier molecular flexibility index (Phi) is 4.45. The minimum Gasteiger partial charge on any atom is -0.381 e. The van der Waals surface area contributed by atoms with Crippen molar-refractivity contribution in [2.75, 3.05) is 16.8 Å². The van der Waals surface area contributed by atoms with E-state index in [-0.39, 0.29) is 0 Å². The van der Waals surface area contributed by atoms with Gasteiger partial charge in [-0.25, -0.2) is 4.98 Å². The maximum atomic E-state index is 4.12. The quantitative estimate of drug-likeness (QED) is 0.895. The van der Waals surface area contributed by atoms with Gasteiger partial charge in [-0.2, -0.15) is 16.9 Å². The maximum absolute atomic E-state index is 4.12.